The molecule has 2 aromatic carbocycles. The summed E-state index contributed by atoms with van der Waals surface area (Å²) in [5.74, 6) is -0.169. The van der Waals surface area contributed by atoms with Gasteiger partial charge in [0, 0.05) is 22.4 Å². The molecule has 4 nitrogen and oxygen atoms in total. The molecule has 0 atom stereocenters. The fourth-order valence-corrected chi connectivity index (χ4v) is 3.00. The lowest BCUT2D eigenvalue weighted by atomic mass is 9.99. The van der Waals surface area contributed by atoms with E-state index in [2.05, 4.69) is 5.32 Å². The van der Waals surface area contributed by atoms with Gasteiger partial charge < -0.3 is 14.8 Å². The third kappa shape index (κ3) is 2.25. The van der Waals surface area contributed by atoms with Gasteiger partial charge in [0.1, 0.15) is 18.2 Å². The minimum Gasteiger partial charge on any atom is -0.504 e. The number of fused-ring (bicyclic) bond motifs is 2. The fourth-order valence-electron chi connectivity index (χ4n) is 3.00. The van der Waals surface area contributed by atoms with E-state index in [1.165, 1.54) is 12.1 Å². The number of nitrogens with one attached hydrogen (secondary N) is 1. The molecule has 2 aliphatic rings. The molecule has 1 N–H and O–H groups in total. The second kappa shape index (κ2) is 5.53. The lowest BCUT2D eigenvalue weighted by Gasteiger charge is -2.05. The van der Waals surface area contributed by atoms with Crippen molar-refractivity contribution in [2.24, 2.45) is 0 Å². The highest BCUT2D eigenvalue weighted by molar-refractivity contribution is 6.36. The number of anilines is 1. The Balaban J connectivity index is 1.83. The lowest BCUT2D eigenvalue weighted by Crippen LogP contribution is -2.05. The maximum absolute atomic E-state index is 13.6. The largest absolute Gasteiger partial charge is 0.504 e. The zero-order valence-electron chi connectivity index (χ0n) is 12.9. The van der Waals surface area contributed by atoms with Crippen molar-refractivity contribution < 1.29 is 18.7 Å². The molecule has 0 saturated carbocycles. The van der Waals surface area contributed by atoms with Crippen LogP contribution in [0.2, 0.25) is 0 Å². The summed E-state index contributed by atoms with van der Waals surface area (Å²) < 4.78 is 24.3. The smallest absolute Gasteiger partial charge is 0.260 e. The van der Waals surface area contributed by atoms with Crippen molar-refractivity contribution in [1.82, 2.24) is 0 Å². The molecular weight excluding hydrogens is 309 g/mol. The van der Waals surface area contributed by atoms with Gasteiger partial charge in [-0.15, -0.1) is 0 Å². The molecular formula is C19H14FNO3. The van der Waals surface area contributed by atoms with Gasteiger partial charge in [-0.25, -0.2) is 4.39 Å². The van der Waals surface area contributed by atoms with Gasteiger partial charge >= 0.3 is 0 Å². The van der Waals surface area contributed by atoms with Crippen molar-refractivity contribution in [3.8, 4) is 0 Å². The van der Waals surface area contributed by atoms with Gasteiger partial charge in [0.05, 0.1) is 18.9 Å². The topological polar surface area (TPSA) is 47.6 Å². The molecule has 2 aromatic rings. The van der Waals surface area contributed by atoms with Crippen LogP contribution in [0, 0.1) is 5.82 Å². The van der Waals surface area contributed by atoms with Crippen molar-refractivity contribution in [3.63, 3.8) is 0 Å². The standard InChI is InChI=1S/C19H14FNO3/c1-23-7-6-11-2-4-14-12(8-11)10-24-18(14)17-15-9-13(20)3-5-16(15)21-19(17)22/h2-9H,10H2,1H3,(H,21,22)/b7-6+,18-17+. The number of rotatable bonds is 2. The molecule has 0 unspecified atom stereocenters. The van der Waals surface area contributed by atoms with E-state index in [-0.39, 0.29) is 11.7 Å². The number of benzene rings is 2. The quantitative estimate of drug-likeness (QED) is 0.675. The molecule has 24 heavy (non-hydrogen) atoms. The average molecular weight is 323 g/mol. The summed E-state index contributed by atoms with van der Waals surface area (Å²) in [6.07, 6.45) is 3.44. The van der Waals surface area contributed by atoms with Crippen LogP contribution in [0.25, 0.3) is 17.4 Å². The third-order valence-corrected chi connectivity index (χ3v) is 4.10. The summed E-state index contributed by atoms with van der Waals surface area (Å²) in [7, 11) is 1.59. The molecule has 0 spiro atoms. The molecule has 0 bridgehead atoms. The van der Waals surface area contributed by atoms with Crippen LogP contribution < -0.4 is 5.32 Å². The monoisotopic (exact) mass is 323 g/mol. The van der Waals surface area contributed by atoms with Gasteiger partial charge in [0.25, 0.3) is 5.91 Å². The average Bonchev–Trinajstić information content (AvgIpc) is 3.12. The van der Waals surface area contributed by atoms with Crippen LogP contribution in [0.4, 0.5) is 10.1 Å². The molecule has 0 fully saturated rings. The van der Waals surface area contributed by atoms with E-state index in [1.807, 2.05) is 24.3 Å². The number of halogens is 1. The first-order valence-electron chi connectivity index (χ1n) is 7.48. The Bertz CT molecular complexity index is 915. The first-order valence-corrected chi connectivity index (χ1v) is 7.48. The second-order valence-corrected chi connectivity index (χ2v) is 5.59. The van der Waals surface area contributed by atoms with Crippen molar-refractivity contribution in [1.29, 1.82) is 0 Å². The summed E-state index contributed by atoms with van der Waals surface area (Å²) in [5.41, 5.74) is 4.32. The SMILES string of the molecule is CO/C=C/c1ccc2c(c1)CO/C2=C1/C(=O)Nc2ccc(F)cc21. The molecule has 2 aliphatic heterocycles. The van der Waals surface area contributed by atoms with Crippen LogP contribution in [-0.4, -0.2) is 13.0 Å². The van der Waals surface area contributed by atoms with E-state index in [9.17, 15) is 9.18 Å². The first kappa shape index (κ1) is 14.5. The number of carbonyl (C=O) groups excluding carboxylic acids is 1. The number of methoxy groups -OCH3 is 1. The Morgan fingerprint density at radius 1 is 1.21 bits per heavy atom. The van der Waals surface area contributed by atoms with Crippen LogP contribution >= 0.6 is 0 Å². The Morgan fingerprint density at radius 2 is 2.08 bits per heavy atom. The molecule has 0 aromatic heterocycles. The van der Waals surface area contributed by atoms with Gasteiger partial charge in [0.2, 0.25) is 0 Å². The summed E-state index contributed by atoms with van der Waals surface area (Å²) >= 11 is 0. The van der Waals surface area contributed by atoms with Crippen LogP contribution in [-0.2, 0) is 20.9 Å². The molecule has 5 heteroatoms. The van der Waals surface area contributed by atoms with Gasteiger partial charge in [-0.3, -0.25) is 4.79 Å². The van der Waals surface area contributed by atoms with E-state index in [0.717, 1.165) is 16.7 Å². The van der Waals surface area contributed by atoms with Crippen LogP contribution in [0.1, 0.15) is 22.3 Å². The molecule has 4 rings (SSSR count). The maximum Gasteiger partial charge on any atom is 0.260 e. The zero-order valence-corrected chi connectivity index (χ0v) is 12.9. The van der Waals surface area contributed by atoms with Gasteiger partial charge in [-0.1, -0.05) is 12.1 Å². The van der Waals surface area contributed by atoms with E-state index >= 15 is 0 Å². The van der Waals surface area contributed by atoms with Crippen molar-refractivity contribution in [2.45, 2.75) is 6.61 Å². The number of amides is 1. The van der Waals surface area contributed by atoms with E-state index in [1.54, 1.807) is 19.4 Å². The van der Waals surface area contributed by atoms with Crippen LogP contribution in [0.5, 0.6) is 0 Å². The highest BCUT2D eigenvalue weighted by Crippen LogP contribution is 2.41. The number of hydrogen-bond donors (Lipinski definition) is 1. The lowest BCUT2D eigenvalue weighted by molar-refractivity contribution is -0.110. The van der Waals surface area contributed by atoms with Crippen LogP contribution in [0.15, 0.2) is 42.7 Å². The highest BCUT2D eigenvalue weighted by Gasteiger charge is 2.32. The van der Waals surface area contributed by atoms with Gasteiger partial charge in [0.15, 0.2) is 0 Å². The predicted octanol–water partition coefficient (Wildman–Crippen LogP) is 3.79. The van der Waals surface area contributed by atoms with E-state index in [4.69, 9.17) is 9.47 Å². The normalized spacial score (nSPS) is 18.3. The molecule has 120 valence electrons. The Kier molecular flexibility index (Phi) is 3.34. The number of carbonyl (C=O) groups is 1. The second-order valence-electron chi connectivity index (χ2n) is 5.59. The van der Waals surface area contributed by atoms with E-state index < -0.39 is 0 Å². The molecule has 0 radical (unpaired) electrons. The number of ether oxygens (including phenoxy) is 2. The summed E-state index contributed by atoms with van der Waals surface area (Å²) in [4.78, 5) is 12.3. The minimum absolute atomic E-state index is 0.276. The van der Waals surface area contributed by atoms with Gasteiger partial charge in [-0.05, 0) is 35.9 Å². The third-order valence-electron chi connectivity index (χ3n) is 4.10. The van der Waals surface area contributed by atoms with Crippen LogP contribution in [0.3, 0.4) is 0 Å². The zero-order chi connectivity index (χ0) is 16.7. The molecule has 0 saturated heterocycles. The van der Waals surface area contributed by atoms with Crippen molar-refractivity contribution in [3.05, 3.63) is 70.7 Å². The first-order chi connectivity index (χ1) is 11.7. The molecule has 0 aliphatic carbocycles. The molecule has 1 amide bonds. The van der Waals surface area contributed by atoms with Gasteiger partial charge in [-0.2, -0.15) is 0 Å². The predicted molar refractivity (Wildman–Crippen MR) is 89.1 cm³/mol. The Hall–Kier alpha value is -3.08. The summed E-state index contributed by atoms with van der Waals surface area (Å²) in [6.45, 7) is 0.376. The summed E-state index contributed by atoms with van der Waals surface area (Å²) in [6, 6.07) is 10.0. The Labute approximate surface area is 138 Å². The maximum atomic E-state index is 13.6. The Morgan fingerprint density at radius 3 is 2.92 bits per heavy atom. The molecule has 2 heterocycles. The summed E-state index contributed by atoms with van der Waals surface area (Å²) in [5, 5.41) is 2.75. The van der Waals surface area contributed by atoms with Crippen molar-refractivity contribution >= 4 is 29.0 Å². The number of hydrogen-bond acceptors (Lipinski definition) is 3. The van der Waals surface area contributed by atoms with Crippen molar-refractivity contribution in [2.75, 3.05) is 12.4 Å². The minimum atomic E-state index is -0.387. The highest BCUT2D eigenvalue weighted by atomic mass is 19.1. The van der Waals surface area contributed by atoms with E-state index in [0.29, 0.717) is 29.2 Å². The fraction of sp³-hybridized carbons (Fsp3) is 0.105.